The molecule has 3 N–H and O–H groups in total. The van der Waals surface area contributed by atoms with Gasteiger partial charge in [-0.25, -0.2) is 4.79 Å². The molecular weight excluding hydrogens is 262 g/mol. The van der Waals surface area contributed by atoms with Gasteiger partial charge in [0, 0.05) is 11.8 Å². The maximum Gasteiger partial charge on any atom is 0.357 e. The fraction of sp³-hybridized carbons (Fsp3) is 0.231. The molecule has 0 aliphatic carbocycles. The van der Waals surface area contributed by atoms with Crippen LogP contribution in [-0.4, -0.2) is 33.1 Å². The Kier molecular flexibility index (Phi) is 2.74. The third kappa shape index (κ3) is 1.93. The van der Waals surface area contributed by atoms with Crippen molar-refractivity contribution < 1.29 is 19.5 Å². The molecule has 2 amide bonds. The number of aromatic amines is 1. The minimum atomic E-state index is -1.13. The number of H-pyrrole nitrogens is 1. The lowest BCUT2D eigenvalue weighted by Crippen LogP contribution is -2.39. The molecule has 7 heteroatoms. The molecule has 0 saturated carbocycles. The van der Waals surface area contributed by atoms with Crippen molar-refractivity contribution in [1.29, 1.82) is 0 Å². The SMILES string of the molecule is O=C1CCC(c2ccc3[nH]nc(C(=O)O)c3c2)C(=O)N1. The Balaban J connectivity index is 2.04. The second-order valence-electron chi connectivity index (χ2n) is 4.69. The van der Waals surface area contributed by atoms with Crippen molar-refractivity contribution in [3.63, 3.8) is 0 Å². The average molecular weight is 273 g/mol. The van der Waals surface area contributed by atoms with Gasteiger partial charge < -0.3 is 5.11 Å². The molecule has 1 aliphatic rings. The molecule has 1 fully saturated rings. The van der Waals surface area contributed by atoms with Crippen molar-refractivity contribution in [1.82, 2.24) is 15.5 Å². The smallest absolute Gasteiger partial charge is 0.357 e. The lowest BCUT2D eigenvalue weighted by molar-refractivity contribution is -0.134. The van der Waals surface area contributed by atoms with Gasteiger partial charge in [-0.1, -0.05) is 6.07 Å². The first kappa shape index (κ1) is 12.3. The van der Waals surface area contributed by atoms with Crippen molar-refractivity contribution in [3.05, 3.63) is 29.5 Å². The van der Waals surface area contributed by atoms with E-state index in [0.717, 1.165) is 0 Å². The summed E-state index contributed by atoms with van der Waals surface area (Å²) in [5.41, 5.74) is 1.21. The van der Waals surface area contributed by atoms with Crippen LogP contribution in [0.5, 0.6) is 0 Å². The lowest BCUT2D eigenvalue weighted by atomic mass is 9.90. The number of carbonyl (C=O) groups is 3. The van der Waals surface area contributed by atoms with Gasteiger partial charge in [0.25, 0.3) is 0 Å². The maximum absolute atomic E-state index is 11.8. The number of aromatic nitrogens is 2. The highest BCUT2D eigenvalue weighted by Gasteiger charge is 2.28. The van der Waals surface area contributed by atoms with Gasteiger partial charge in [0.1, 0.15) is 0 Å². The second kappa shape index (κ2) is 4.44. The summed E-state index contributed by atoms with van der Waals surface area (Å²) in [6.45, 7) is 0. The van der Waals surface area contributed by atoms with E-state index in [2.05, 4.69) is 15.5 Å². The fourth-order valence-electron chi connectivity index (χ4n) is 2.42. The van der Waals surface area contributed by atoms with Crippen molar-refractivity contribution in [2.45, 2.75) is 18.8 Å². The number of aromatic carboxylic acids is 1. The van der Waals surface area contributed by atoms with Crippen molar-refractivity contribution >= 4 is 28.7 Å². The van der Waals surface area contributed by atoms with Gasteiger partial charge in [-0.05, 0) is 24.1 Å². The Bertz CT molecular complexity index is 734. The zero-order chi connectivity index (χ0) is 14.3. The lowest BCUT2D eigenvalue weighted by Gasteiger charge is -2.21. The number of amides is 2. The monoisotopic (exact) mass is 273 g/mol. The Morgan fingerprint density at radius 2 is 2.15 bits per heavy atom. The second-order valence-corrected chi connectivity index (χ2v) is 4.69. The van der Waals surface area contributed by atoms with Crippen molar-refractivity contribution in [2.24, 2.45) is 0 Å². The molecule has 102 valence electrons. The van der Waals surface area contributed by atoms with Gasteiger partial charge >= 0.3 is 5.97 Å². The van der Waals surface area contributed by atoms with Crippen LogP contribution in [0.2, 0.25) is 0 Å². The molecule has 1 aliphatic heterocycles. The summed E-state index contributed by atoms with van der Waals surface area (Å²) in [5, 5.41) is 18.2. The van der Waals surface area contributed by atoms with Gasteiger partial charge in [0.15, 0.2) is 5.69 Å². The molecule has 1 saturated heterocycles. The maximum atomic E-state index is 11.8. The average Bonchev–Trinajstić information content (AvgIpc) is 2.81. The zero-order valence-electron chi connectivity index (χ0n) is 10.3. The van der Waals surface area contributed by atoms with Gasteiger partial charge in [0.05, 0.1) is 11.4 Å². The number of hydrogen-bond donors (Lipinski definition) is 3. The Morgan fingerprint density at radius 3 is 2.85 bits per heavy atom. The third-order valence-electron chi connectivity index (χ3n) is 3.43. The molecule has 1 atom stereocenters. The number of nitrogens with one attached hydrogen (secondary N) is 2. The van der Waals surface area contributed by atoms with Crippen LogP contribution in [0.1, 0.15) is 34.8 Å². The Hall–Kier alpha value is -2.70. The van der Waals surface area contributed by atoms with Gasteiger partial charge in [-0.15, -0.1) is 0 Å². The molecule has 0 radical (unpaired) electrons. The zero-order valence-corrected chi connectivity index (χ0v) is 10.3. The molecule has 1 aromatic heterocycles. The Morgan fingerprint density at radius 1 is 1.35 bits per heavy atom. The molecule has 2 aromatic rings. The Labute approximate surface area is 113 Å². The number of rotatable bonds is 2. The minimum absolute atomic E-state index is 0.0749. The molecule has 3 rings (SSSR count). The number of carbonyl (C=O) groups excluding carboxylic acids is 2. The predicted molar refractivity (Wildman–Crippen MR) is 68.2 cm³/mol. The number of piperidine rings is 1. The number of imide groups is 1. The molecule has 1 aromatic carbocycles. The highest BCUT2D eigenvalue weighted by molar-refractivity contribution is 6.03. The topological polar surface area (TPSA) is 112 Å². The van der Waals surface area contributed by atoms with Crippen molar-refractivity contribution in [2.75, 3.05) is 0 Å². The number of carboxylic acids is 1. The normalized spacial score (nSPS) is 19.1. The first-order valence-corrected chi connectivity index (χ1v) is 6.11. The fourth-order valence-corrected chi connectivity index (χ4v) is 2.42. The van der Waals surface area contributed by atoms with E-state index in [1.165, 1.54) is 0 Å². The summed E-state index contributed by atoms with van der Waals surface area (Å²) >= 11 is 0. The van der Waals surface area contributed by atoms with Crippen LogP contribution in [0.25, 0.3) is 10.9 Å². The number of nitrogens with zero attached hydrogens (tertiary/aromatic N) is 1. The highest BCUT2D eigenvalue weighted by atomic mass is 16.4. The summed E-state index contributed by atoms with van der Waals surface area (Å²) in [5.74, 6) is -2.19. The highest BCUT2D eigenvalue weighted by Crippen LogP contribution is 2.28. The third-order valence-corrected chi connectivity index (χ3v) is 3.43. The number of hydrogen-bond acceptors (Lipinski definition) is 4. The standard InChI is InChI=1S/C13H11N3O4/c17-10-4-2-7(12(18)14-10)6-1-3-9-8(5-6)11(13(19)20)16-15-9/h1,3,5,7H,2,4H2,(H,15,16)(H,19,20)(H,14,17,18). The van der Waals surface area contributed by atoms with Gasteiger partial charge in [-0.3, -0.25) is 20.0 Å². The van der Waals surface area contributed by atoms with Gasteiger partial charge in [-0.2, -0.15) is 5.10 Å². The molecule has 0 spiro atoms. The number of benzene rings is 1. The van der Waals surface area contributed by atoms with E-state index in [0.29, 0.717) is 22.9 Å². The summed E-state index contributed by atoms with van der Waals surface area (Å²) in [6, 6.07) is 5.07. The van der Waals surface area contributed by atoms with E-state index in [1.807, 2.05) is 0 Å². The van der Waals surface area contributed by atoms with E-state index < -0.39 is 11.9 Å². The number of carboxylic acid groups (broad SMARTS) is 1. The quantitative estimate of drug-likeness (QED) is 0.700. The predicted octanol–water partition coefficient (Wildman–Crippen LogP) is 0.781. The minimum Gasteiger partial charge on any atom is -0.476 e. The largest absolute Gasteiger partial charge is 0.476 e. The van der Waals surface area contributed by atoms with Crippen LogP contribution in [0.4, 0.5) is 0 Å². The van der Waals surface area contributed by atoms with E-state index in [9.17, 15) is 14.4 Å². The van der Waals surface area contributed by atoms with Crippen LogP contribution in [-0.2, 0) is 9.59 Å². The molecular formula is C13H11N3O4. The molecule has 7 nitrogen and oxygen atoms in total. The van der Waals surface area contributed by atoms with Crippen LogP contribution >= 0.6 is 0 Å². The van der Waals surface area contributed by atoms with E-state index in [1.54, 1.807) is 18.2 Å². The first-order valence-electron chi connectivity index (χ1n) is 6.11. The van der Waals surface area contributed by atoms with E-state index in [4.69, 9.17) is 5.11 Å². The van der Waals surface area contributed by atoms with Gasteiger partial charge in [0.2, 0.25) is 11.8 Å². The van der Waals surface area contributed by atoms with Crippen LogP contribution in [0.3, 0.4) is 0 Å². The molecule has 20 heavy (non-hydrogen) atoms. The van der Waals surface area contributed by atoms with E-state index >= 15 is 0 Å². The van der Waals surface area contributed by atoms with Crippen molar-refractivity contribution in [3.8, 4) is 0 Å². The number of fused-ring (bicyclic) bond motifs is 1. The van der Waals surface area contributed by atoms with Crippen LogP contribution < -0.4 is 5.32 Å². The van der Waals surface area contributed by atoms with Crippen LogP contribution in [0, 0.1) is 0 Å². The molecule has 2 heterocycles. The summed E-state index contributed by atoms with van der Waals surface area (Å²) in [6.07, 6.45) is 0.710. The first-order chi connectivity index (χ1) is 9.56. The van der Waals surface area contributed by atoms with E-state index in [-0.39, 0.29) is 23.9 Å². The summed E-state index contributed by atoms with van der Waals surface area (Å²) in [4.78, 5) is 34.0. The molecule has 1 unspecified atom stereocenters. The summed E-state index contributed by atoms with van der Waals surface area (Å²) < 4.78 is 0. The molecule has 0 bridgehead atoms. The van der Waals surface area contributed by atoms with Crippen LogP contribution in [0.15, 0.2) is 18.2 Å². The summed E-state index contributed by atoms with van der Waals surface area (Å²) in [7, 11) is 0.